The van der Waals surface area contributed by atoms with Gasteiger partial charge in [0.25, 0.3) is 5.91 Å². The second-order valence-corrected chi connectivity index (χ2v) is 6.28. The summed E-state index contributed by atoms with van der Waals surface area (Å²) in [7, 11) is 0. The second kappa shape index (κ2) is 7.08. The van der Waals surface area contributed by atoms with Gasteiger partial charge in [-0.05, 0) is 53.8 Å². The first-order valence-electron chi connectivity index (χ1n) is 6.79. The number of nitrogens with two attached hydrogens (primary N) is 1. The molecule has 2 rings (SSSR count). The van der Waals surface area contributed by atoms with Crippen LogP contribution in [0.2, 0.25) is 0 Å². The van der Waals surface area contributed by atoms with Crippen molar-refractivity contribution >= 4 is 34.3 Å². The van der Waals surface area contributed by atoms with Crippen molar-refractivity contribution in [2.45, 2.75) is 13.0 Å². The average Bonchev–Trinajstić information content (AvgIpc) is 2.53. The molecule has 1 atom stereocenters. The highest BCUT2D eigenvalue weighted by molar-refractivity contribution is 14.1. The molecular formula is C14H19IN4O2. The summed E-state index contributed by atoms with van der Waals surface area (Å²) in [5.74, 6) is 0.259. The number of amidine groups is 1. The van der Waals surface area contributed by atoms with Gasteiger partial charge in [0, 0.05) is 35.3 Å². The minimum absolute atomic E-state index is 0.0579. The number of oxime groups is 1. The SMILES string of the molecule is CC(C(N)=NO)N1CCN(C(=O)c2ccc(I)cc2)CC1. The van der Waals surface area contributed by atoms with E-state index in [0.29, 0.717) is 31.7 Å². The molecule has 6 nitrogen and oxygen atoms in total. The summed E-state index contributed by atoms with van der Waals surface area (Å²) in [6.07, 6.45) is 0. The summed E-state index contributed by atoms with van der Waals surface area (Å²) in [5.41, 5.74) is 6.34. The van der Waals surface area contributed by atoms with Gasteiger partial charge in [-0.15, -0.1) is 0 Å². The van der Waals surface area contributed by atoms with Gasteiger partial charge in [-0.3, -0.25) is 9.69 Å². The monoisotopic (exact) mass is 402 g/mol. The van der Waals surface area contributed by atoms with Crippen molar-refractivity contribution in [3.8, 4) is 0 Å². The highest BCUT2D eigenvalue weighted by atomic mass is 127. The van der Waals surface area contributed by atoms with Crippen LogP contribution in [0.1, 0.15) is 17.3 Å². The van der Waals surface area contributed by atoms with E-state index in [-0.39, 0.29) is 17.8 Å². The number of hydrogen-bond donors (Lipinski definition) is 2. The zero-order valence-electron chi connectivity index (χ0n) is 11.9. The predicted octanol–water partition coefficient (Wildman–Crippen LogP) is 1.18. The van der Waals surface area contributed by atoms with E-state index in [1.54, 1.807) is 0 Å². The Bertz CT molecular complexity index is 524. The van der Waals surface area contributed by atoms with Crippen LogP contribution in [0.3, 0.4) is 0 Å². The number of carbonyl (C=O) groups is 1. The van der Waals surface area contributed by atoms with Gasteiger partial charge in [0.15, 0.2) is 5.84 Å². The Kier molecular flexibility index (Phi) is 5.40. The molecule has 1 fully saturated rings. The summed E-state index contributed by atoms with van der Waals surface area (Å²) in [6, 6.07) is 7.46. The van der Waals surface area contributed by atoms with Crippen LogP contribution in [0.15, 0.2) is 29.4 Å². The molecule has 21 heavy (non-hydrogen) atoms. The Hall–Kier alpha value is -1.35. The third-order valence-corrected chi connectivity index (χ3v) is 4.50. The minimum atomic E-state index is -0.120. The molecule has 1 unspecified atom stereocenters. The lowest BCUT2D eigenvalue weighted by atomic mass is 10.1. The van der Waals surface area contributed by atoms with Crippen LogP contribution in [-0.4, -0.2) is 59.0 Å². The molecule has 114 valence electrons. The third-order valence-electron chi connectivity index (χ3n) is 3.78. The first kappa shape index (κ1) is 16.0. The maximum absolute atomic E-state index is 12.4. The molecule has 1 aromatic rings. The van der Waals surface area contributed by atoms with E-state index in [4.69, 9.17) is 10.9 Å². The van der Waals surface area contributed by atoms with Crippen LogP contribution in [0.5, 0.6) is 0 Å². The number of nitrogens with zero attached hydrogens (tertiary/aromatic N) is 3. The smallest absolute Gasteiger partial charge is 0.253 e. The highest BCUT2D eigenvalue weighted by Gasteiger charge is 2.26. The first-order valence-corrected chi connectivity index (χ1v) is 7.87. The molecule has 1 aromatic carbocycles. The fourth-order valence-electron chi connectivity index (χ4n) is 2.36. The summed E-state index contributed by atoms with van der Waals surface area (Å²) >= 11 is 2.22. The van der Waals surface area contributed by atoms with Crippen molar-refractivity contribution in [1.29, 1.82) is 0 Å². The molecule has 3 N–H and O–H groups in total. The molecule has 0 aromatic heterocycles. The van der Waals surface area contributed by atoms with Gasteiger partial charge in [-0.1, -0.05) is 5.16 Å². The van der Waals surface area contributed by atoms with Crippen LogP contribution in [0, 0.1) is 3.57 Å². The largest absolute Gasteiger partial charge is 0.409 e. The van der Waals surface area contributed by atoms with E-state index in [0.717, 1.165) is 3.57 Å². The Labute approximate surface area is 137 Å². The van der Waals surface area contributed by atoms with Gasteiger partial charge in [-0.2, -0.15) is 0 Å². The molecule has 0 saturated carbocycles. The standard InChI is InChI=1S/C14H19IN4O2/c1-10(13(16)17-21)18-6-8-19(9-7-18)14(20)11-2-4-12(15)5-3-11/h2-5,10,21H,6-9H2,1H3,(H2,16,17). The number of benzene rings is 1. The lowest BCUT2D eigenvalue weighted by Crippen LogP contribution is -2.54. The van der Waals surface area contributed by atoms with Crippen LogP contribution in [0.25, 0.3) is 0 Å². The Morgan fingerprint density at radius 3 is 2.38 bits per heavy atom. The van der Waals surface area contributed by atoms with Crippen molar-refractivity contribution in [3.63, 3.8) is 0 Å². The van der Waals surface area contributed by atoms with Crippen LogP contribution in [-0.2, 0) is 0 Å². The number of halogens is 1. The zero-order chi connectivity index (χ0) is 15.4. The van der Waals surface area contributed by atoms with Gasteiger partial charge in [0.1, 0.15) is 0 Å². The fraction of sp³-hybridized carbons (Fsp3) is 0.429. The van der Waals surface area contributed by atoms with Crippen LogP contribution < -0.4 is 5.73 Å². The molecule has 0 bridgehead atoms. The van der Waals surface area contributed by atoms with E-state index >= 15 is 0 Å². The van der Waals surface area contributed by atoms with Crippen molar-refractivity contribution in [2.75, 3.05) is 26.2 Å². The molecule has 1 aliphatic rings. The van der Waals surface area contributed by atoms with Crippen LogP contribution >= 0.6 is 22.6 Å². The van der Waals surface area contributed by atoms with Crippen molar-refractivity contribution in [2.24, 2.45) is 10.9 Å². The van der Waals surface area contributed by atoms with Gasteiger partial charge in [0.05, 0.1) is 6.04 Å². The Morgan fingerprint density at radius 2 is 1.86 bits per heavy atom. The van der Waals surface area contributed by atoms with E-state index in [1.165, 1.54) is 0 Å². The number of hydrogen-bond acceptors (Lipinski definition) is 4. The maximum Gasteiger partial charge on any atom is 0.253 e. The quantitative estimate of drug-likeness (QED) is 0.262. The van der Waals surface area contributed by atoms with E-state index in [2.05, 4.69) is 32.6 Å². The van der Waals surface area contributed by atoms with Crippen molar-refractivity contribution in [3.05, 3.63) is 33.4 Å². The fourth-order valence-corrected chi connectivity index (χ4v) is 2.72. The van der Waals surface area contributed by atoms with Gasteiger partial charge < -0.3 is 15.8 Å². The second-order valence-electron chi connectivity index (χ2n) is 5.04. The molecular weight excluding hydrogens is 383 g/mol. The Balaban J connectivity index is 1.94. The number of rotatable bonds is 3. The lowest BCUT2D eigenvalue weighted by Gasteiger charge is -2.37. The first-order chi connectivity index (χ1) is 10.0. The number of amides is 1. The van der Waals surface area contributed by atoms with E-state index in [1.807, 2.05) is 36.1 Å². The molecule has 0 radical (unpaired) electrons. The highest BCUT2D eigenvalue weighted by Crippen LogP contribution is 2.12. The van der Waals surface area contributed by atoms with Gasteiger partial charge in [-0.25, -0.2) is 0 Å². The minimum Gasteiger partial charge on any atom is -0.409 e. The molecule has 1 saturated heterocycles. The summed E-state index contributed by atoms with van der Waals surface area (Å²) in [6.45, 7) is 4.62. The Morgan fingerprint density at radius 1 is 1.29 bits per heavy atom. The van der Waals surface area contributed by atoms with Gasteiger partial charge >= 0.3 is 0 Å². The van der Waals surface area contributed by atoms with Gasteiger partial charge in [0.2, 0.25) is 0 Å². The topological polar surface area (TPSA) is 82.2 Å². The van der Waals surface area contributed by atoms with Crippen molar-refractivity contribution in [1.82, 2.24) is 9.80 Å². The van der Waals surface area contributed by atoms with Crippen LogP contribution in [0.4, 0.5) is 0 Å². The molecule has 1 aliphatic heterocycles. The molecule has 1 heterocycles. The molecule has 7 heteroatoms. The number of piperazine rings is 1. The lowest BCUT2D eigenvalue weighted by molar-refractivity contribution is 0.0619. The van der Waals surface area contributed by atoms with E-state index < -0.39 is 0 Å². The summed E-state index contributed by atoms with van der Waals surface area (Å²) in [4.78, 5) is 16.3. The zero-order valence-corrected chi connectivity index (χ0v) is 14.0. The average molecular weight is 402 g/mol. The molecule has 0 spiro atoms. The third kappa shape index (κ3) is 3.85. The van der Waals surface area contributed by atoms with E-state index in [9.17, 15) is 4.79 Å². The summed E-state index contributed by atoms with van der Waals surface area (Å²) in [5, 5.41) is 11.8. The van der Waals surface area contributed by atoms with Crippen molar-refractivity contribution < 1.29 is 10.0 Å². The summed E-state index contributed by atoms with van der Waals surface area (Å²) < 4.78 is 1.11. The maximum atomic E-state index is 12.4. The normalized spacial score (nSPS) is 18.6. The molecule has 0 aliphatic carbocycles. The number of carbonyl (C=O) groups excluding carboxylic acids is 1. The molecule has 1 amide bonds. The predicted molar refractivity (Wildman–Crippen MR) is 89.5 cm³/mol.